The van der Waals surface area contributed by atoms with Gasteiger partial charge < -0.3 is 16.2 Å². The SMILES string of the molecule is COc1cc(F)ccc1[C@H](N)CCN. The summed E-state index contributed by atoms with van der Waals surface area (Å²) in [7, 11) is 1.49. The zero-order valence-corrected chi connectivity index (χ0v) is 8.16. The van der Waals surface area contributed by atoms with Gasteiger partial charge in [0.2, 0.25) is 0 Å². The highest BCUT2D eigenvalue weighted by Crippen LogP contribution is 2.25. The van der Waals surface area contributed by atoms with Crippen molar-refractivity contribution in [1.29, 1.82) is 0 Å². The Hall–Kier alpha value is -1.13. The number of nitrogens with two attached hydrogens (primary N) is 2. The highest BCUT2D eigenvalue weighted by molar-refractivity contribution is 5.36. The number of benzene rings is 1. The van der Waals surface area contributed by atoms with Crippen LogP contribution < -0.4 is 16.2 Å². The third-order valence-electron chi connectivity index (χ3n) is 2.07. The fourth-order valence-corrected chi connectivity index (χ4v) is 1.33. The third kappa shape index (κ3) is 2.43. The first-order valence-corrected chi connectivity index (χ1v) is 4.48. The molecule has 0 fully saturated rings. The van der Waals surface area contributed by atoms with Crippen molar-refractivity contribution >= 4 is 0 Å². The summed E-state index contributed by atoms with van der Waals surface area (Å²) in [6, 6.07) is 4.13. The quantitative estimate of drug-likeness (QED) is 0.763. The van der Waals surface area contributed by atoms with Gasteiger partial charge in [0.15, 0.2) is 0 Å². The smallest absolute Gasteiger partial charge is 0.126 e. The molecule has 1 aromatic rings. The minimum Gasteiger partial charge on any atom is -0.496 e. The topological polar surface area (TPSA) is 61.3 Å². The lowest BCUT2D eigenvalue weighted by molar-refractivity contribution is 0.401. The van der Waals surface area contributed by atoms with E-state index < -0.39 is 0 Å². The molecule has 0 aliphatic rings. The molecule has 1 aromatic carbocycles. The zero-order valence-electron chi connectivity index (χ0n) is 8.16. The molecule has 0 aromatic heterocycles. The van der Waals surface area contributed by atoms with E-state index in [1.165, 1.54) is 19.2 Å². The molecule has 0 radical (unpaired) electrons. The van der Waals surface area contributed by atoms with Gasteiger partial charge in [0.25, 0.3) is 0 Å². The molecule has 1 rings (SSSR count). The average molecular weight is 198 g/mol. The number of rotatable bonds is 4. The maximum atomic E-state index is 12.8. The standard InChI is InChI=1S/C10H15FN2O/c1-14-10-6-7(11)2-3-8(10)9(13)4-5-12/h2-3,6,9H,4-5,12-13H2,1H3/t9-/m1/s1. The van der Waals surface area contributed by atoms with Crippen LogP contribution in [0.3, 0.4) is 0 Å². The van der Waals surface area contributed by atoms with Crippen LogP contribution in [0.4, 0.5) is 4.39 Å². The van der Waals surface area contributed by atoms with Crippen LogP contribution in [0.2, 0.25) is 0 Å². The van der Waals surface area contributed by atoms with E-state index in [1.807, 2.05) is 0 Å². The third-order valence-corrected chi connectivity index (χ3v) is 2.07. The molecular weight excluding hydrogens is 183 g/mol. The molecule has 14 heavy (non-hydrogen) atoms. The van der Waals surface area contributed by atoms with Gasteiger partial charge in [-0.15, -0.1) is 0 Å². The van der Waals surface area contributed by atoms with E-state index in [0.717, 1.165) is 5.56 Å². The van der Waals surface area contributed by atoms with Gasteiger partial charge in [0.05, 0.1) is 7.11 Å². The van der Waals surface area contributed by atoms with Crippen molar-refractivity contribution in [2.75, 3.05) is 13.7 Å². The van der Waals surface area contributed by atoms with Crippen LogP contribution in [0.1, 0.15) is 18.0 Å². The van der Waals surface area contributed by atoms with Gasteiger partial charge in [-0.3, -0.25) is 0 Å². The largest absolute Gasteiger partial charge is 0.496 e. The van der Waals surface area contributed by atoms with Crippen LogP contribution in [0.5, 0.6) is 5.75 Å². The Labute approximate surface area is 82.9 Å². The van der Waals surface area contributed by atoms with Gasteiger partial charge in [-0.25, -0.2) is 4.39 Å². The molecule has 0 aliphatic carbocycles. The van der Waals surface area contributed by atoms with Crippen molar-refractivity contribution in [3.63, 3.8) is 0 Å². The van der Waals surface area contributed by atoms with Crippen LogP contribution >= 0.6 is 0 Å². The summed E-state index contributed by atoms with van der Waals surface area (Å²) < 4.78 is 17.9. The lowest BCUT2D eigenvalue weighted by Crippen LogP contribution is -2.16. The Morgan fingerprint density at radius 3 is 2.79 bits per heavy atom. The van der Waals surface area contributed by atoms with Crippen LogP contribution in [0.15, 0.2) is 18.2 Å². The molecule has 0 bridgehead atoms. The van der Waals surface area contributed by atoms with Crippen molar-refractivity contribution < 1.29 is 9.13 Å². The molecular formula is C10H15FN2O. The van der Waals surface area contributed by atoms with Gasteiger partial charge in [-0.2, -0.15) is 0 Å². The van der Waals surface area contributed by atoms with Crippen molar-refractivity contribution in [3.8, 4) is 5.75 Å². The second-order valence-corrected chi connectivity index (χ2v) is 3.07. The van der Waals surface area contributed by atoms with Crippen LogP contribution in [0, 0.1) is 5.82 Å². The molecule has 0 unspecified atom stereocenters. The monoisotopic (exact) mass is 198 g/mol. The molecule has 4 N–H and O–H groups in total. The summed E-state index contributed by atoms with van der Waals surface area (Å²) >= 11 is 0. The summed E-state index contributed by atoms with van der Waals surface area (Å²) in [4.78, 5) is 0. The van der Waals surface area contributed by atoms with Crippen LogP contribution in [-0.4, -0.2) is 13.7 Å². The maximum Gasteiger partial charge on any atom is 0.126 e. The maximum absolute atomic E-state index is 12.8. The summed E-state index contributed by atoms with van der Waals surface area (Å²) in [5, 5.41) is 0. The van der Waals surface area contributed by atoms with E-state index in [0.29, 0.717) is 18.7 Å². The number of hydrogen-bond donors (Lipinski definition) is 2. The first-order chi connectivity index (χ1) is 6.69. The first-order valence-electron chi connectivity index (χ1n) is 4.48. The van der Waals surface area contributed by atoms with Crippen molar-refractivity contribution in [2.24, 2.45) is 11.5 Å². The second kappa shape index (κ2) is 4.93. The Balaban J connectivity index is 2.95. The number of halogens is 1. The van der Waals surface area contributed by atoms with E-state index in [4.69, 9.17) is 16.2 Å². The Kier molecular flexibility index (Phi) is 3.85. The molecule has 1 atom stereocenters. The van der Waals surface area contributed by atoms with E-state index in [1.54, 1.807) is 6.07 Å². The molecule has 78 valence electrons. The Morgan fingerprint density at radius 1 is 1.50 bits per heavy atom. The minimum absolute atomic E-state index is 0.199. The summed E-state index contributed by atoms with van der Waals surface area (Å²) in [5.41, 5.74) is 12.0. The fraction of sp³-hybridized carbons (Fsp3) is 0.400. The van der Waals surface area contributed by atoms with Crippen LogP contribution in [-0.2, 0) is 0 Å². The van der Waals surface area contributed by atoms with Crippen molar-refractivity contribution in [1.82, 2.24) is 0 Å². The van der Waals surface area contributed by atoms with E-state index >= 15 is 0 Å². The van der Waals surface area contributed by atoms with E-state index in [-0.39, 0.29) is 11.9 Å². The van der Waals surface area contributed by atoms with Crippen LogP contribution in [0.25, 0.3) is 0 Å². The molecule has 0 saturated carbocycles. The van der Waals surface area contributed by atoms with Crippen molar-refractivity contribution in [3.05, 3.63) is 29.6 Å². The van der Waals surface area contributed by atoms with Gasteiger partial charge in [-0.05, 0) is 19.0 Å². The normalized spacial score (nSPS) is 12.6. The van der Waals surface area contributed by atoms with E-state index in [2.05, 4.69) is 0 Å². The molecule has 0 saturated heterocycles. The zero-order chi connectivity index (χ0) is 10.6. The van der Waals surface area contributed by atoms with Gasteiger partial charge >= 0.3 is 0 Å². The molecule has 4 heteroatoms. The highest BCUT2D eigenvalue weighted by Gasteiger charge is 2.11. The Morgan fingerprint density at radius 2 is 2.21 bits per heavy atom. The first kappa shape index (κ1) is 10.9. The summed E-state index contributed by atoms with van der Waals surface area (Å²) in [5.74, 6) is 0.150. The average Bonchev–Trinajstić information content (AvgIpc) is 2.17. The minimum atomic E-state index is -0.328. The molecule has 0 heterocycles. The number of hydrogen-bond acceptors (Lipinski definition) is 3. The molecule has 0 spiro atoms. The molecule has 0 aliphatic heterocycles. The number of ether oxygens (including phenoxy) is 1. The second-order valence-electron chi connectivity index (χ2n) is 3.07. The molecule has 0 amide bonds. The predicted octanol–water partition coefficient (Wildman–Crippen LogP) is 1.18. The Bertz CT molecular complexity index is 304. The molecule has 3 nitrogen and oxygen atoms in total. The highest BCUT2D eigenvalue weighted by atomic mass is 19.1. The fourth-order valence-electron chi connectivity index (χ4n) is 1.33. The van der Waals surface area contributed by atoms with Gasteiger partial charge in [0, 0.05) is 17.7 Å². The van der Waals surface area contributed by atoms with E-state index in [9.17, 15) is 4.39 Å². The lowest BCUT2D eigenvalue weighted by atomic mass is 10.0. The summed E-state index contributed by atoms with van der Waals surface area (Å²) in [6.07, 6.45) is 0.655. The predicted molar refractivity (Wildman–Crippen MR) is 53.6 cm³/mol. The number of methoxy groups -OCH3 is 1. The van der Waals surface area contributed by atoms with Gasteiger partial charge in [-0.1, -0.05) is 6.07 Å². The van der Waals surface area contributed by atoms with Gasteiger partial charge in [0.1, 0.15) is 11.6 Å². The summed E-state index contributed by atoms with van der Waals surface area (Å²) in [6.45, 7) is 0.502. The lowest BCUT2D eigenvalue weighted by Gasteiger charge is -2.14. The van der Waals surface area contributed by atoms with Crippen molar-refractivity contribution in [2.45, 2.75) is 12.5 Å².